The lowest BCUT2D eigenvalue weighted by Crippen LogP contribution is -1.99. The molecule has 6 heteroatoms. The molecule has 0 spiro atoms. The van der Waals surface area contributed by atoms with E-state index in [1.807, 2.05) is 0 Å². The molecule has 0 saturated carbocycles. The molecule has 0 aliphatic heterocycles. The van der Waals surface area contributed by atoms with E-state index in [4.69, 9.17) is 21.7 Å². The highest BCUT2D eigenvalue weighted by atomic mass is 35.5. The summed E-state index contributed by atoms with van der Waals surface area (Å²) in [7, 11) is 0. The molecule has 0 heterocycles. The summed E-state index contributed by atoms with van der Waals surface area (Å²) >= 11 is 0. The Morgan fingerprint density at radius 1 is 0.750 bits per heavy atom. The van der Waals surface area contributed by atoms with Gasteiger partial charge in [0.25, 0.3) is 0 Å². The first-order valence-corrected chi connectivity index (χ1v) is 3.45. The van der Waals surface area contributed by atoms with Gasteiger partial charge in [0.15, 0.2) is 0 Å². The van der Waals surface area contributed by atoms with Crippen molar-refractivity contribution in [3.63, 3.8) is 0 Å². The van der Waals surface area contributed by atoms with Gasteiger partial charge in [-0.1, -0.05) is 0 Å². The van der Waals surface area contributed by atoms with Crippen molar-refractivity contribution in [2.45, 2.75) is 12.8 Å². The second kappa shape index (κ2) is 30.1. The Balaban J connectivity index is -0.0000000457. The molecule has 4 nitrogen and oxygen atoms in total. The van der Waals surface area contributed by atoms with Crippen LogP contribution in [-0.2, 0) is 0 Å². The van der Waals surface area contributed by atoms with Gasteiger partial charge in [-0.05, 0) is 25.9 Å². The van der Waals surface area contributed by atoms with Crippen LogP contribution in [0.3, 0.4) is 0 Å². The lowest BCUT2D eigenvalue weighted by molar-refractivity contribution is 0.290. The molecule has 0 aromatic rings. The van der Waals surface area contributed by atoms with E-state index in [1.165, 1.54) is 0 Å². The van der Waals surface area contributed by atoms with Gasteiger partial charge in [0, 0.05) is 13.2 Å². The minimum Gasteiger partial charge on any atom is -0.396 e. The van der Waals surface area contributed by atoms with Gasteiger partial charge in [-0.15, -0.1) is 24.8 Å². The van der Waals surface area contributed by atoms with E-state index >= 15 is 0 Å². The quantitative estimate of drug-likeness (QED) is 0.517. The lowest BCUT2D eigenvalue weighted by Gasteiger charge is -1.80. The molecule has 0 aromatic heterocycles. The molecule has 0 radical (unpaired) electrons. The maximum atomic E-state index is 7.99. The highest BCUT2D eigenvalue weighted by Gasteiger charge is 1.69. The minimum atomic E-state index is 0. The fourth-order valence-corrected chi connectivity index (χ4v) is 0.183. The third-order valence-electron chi connectivity index (χ3n) is 0.724. The van der Waals surface area contributed by atoms with E-state index in [9.17, 15) is 0 Å². The smallest absolute Gasteiger partial charge is 0.0443 e. The molecular weight excluding hydrogens is 203 g/mol. The van der Waals surface area contributed by atoms with Crippen molar-refractivity contribution in [1.29, 1.82) is 0 Å². The predicted octanol–water partition coefficient (Wildman–Crippen LogP) is -0.501. The second-order valence-electron chi connectivity index (χ2n) is 1.73. The SMILES string of the molecule is Cl.Cl.NCCCO.NCCCO. The first-order valence-electron chi connectivity index (χ1n) is 3.45. The van der Waals surface area contributed by atoms with Crippen molar-refractivity contribution < 1.29 is 10.2 Å². The van der Waals surface area contributed by atoms with E-state index in [2.05, 4.69) is 0 Å². The summed E-state index contributed by atoms with van der Waals surface area (Å²) in [5.41, 5.74) is 9.96. The standard InChI is InChI=1S/2C3H9NO.2ClH/c2*4-2-1-3-5;;/h2*5H,1-4H2;2*1H. The van der Waals surface area contributed by atoms with Crippen LogP contribution in [0.2, 0.25) is 0 Å². The summed E-state index contributed by atoms with van der Waals surface area (Å²) in [6.07, 6.45) is 1.44. The Morgan fingerprint density at radius 2 is 1.00 bits per heavy atom. The average molecular weight is 223 g/mol. The molecule has 0 amide bonds. The van der Waals surface area contributed by atoms with Crippen molar-refractivity contribution >= 4 is 24.8 Å². The van der Waals surface area contributed by atoms with Crippen LogP contribution in [0.25, 0.3) is 0 Å². The van der Waals surface area contributed by atoms with Crippen LogP contribution in [0, 0.1) is 0 Å². The number of halogens is 2. The van der Waals surface area contributed by atoms with E-state index in [-0.39, 0.29) is 38.0 Å². The second-order valence-corrected chi connectivity index (χ2v) is 1.73. The van der Waals surface area contributed by atoms with Crippen molar-refractivity contribution in [3.8, 4) is 0 Å². The maximum Gasteiger partial charge on any atom is 0.0443 e. The maximum absolute atomic E-state index is 7.99. The molecule has 0 aliphatic rings. The molecule has 0 aliphatic carbocycles. The number of aliphatic hydroxyl groups is 2. The first kappa shape index (κ1) is 22.8. The number of nitrogens with two attached hydrogens (primary N) is 2. The van der Waals surface area contributed by atoms with Crippen molar-refractivity contribution in [2.75, 3.05) is 26.3 Å². The van der Waals surface area contributed by atoms with E-state index in [0.29, 0.717) is 13.1 Å². The average Bonchev–Trinajstić information content (AvgIpc) is 1.93. The summed E-state index contributed by atoms with van der Waals surface area (Å²) in [4.78, 5) is 0. The number of hydrogen-bond donors (Lipinski definition) is 4. The molecular formula is C6H20Cl2N2O2. The number of aliphatic hydroxyl groups excluding tert-OH is 2. The summed E-state index contributed by atoms with van der Waals surface area (Å²) in [5, 5.41) is 16.0. The normalized spacial score (nSPS) is 7.00. The van der Waals surface area contributed by atoms with Crippen molar-refractivity contribution in [1.82, 2.24) is 0 Å². The number of hydrogen-bond acceptors (Lipinski definition) is 4. The van der Waals surface area contributed by atoms with E-state index in [1.54, 1.807) is 0 Å². The zero-order valence-electron chi connectivity index (χ0n) is 7.11. The van der Waals surface area contributed by atoms with Crippen LogP contribution in [0.1, 0.15) is 12.8 Å². The molecule has 12 heavy (non-hydrogen) atoms. The van der Waals surface area contributed by atoms with Crippen LogP contribution >= 0.6 is 24.8 Å². The molecule has 0 atom stereocenters. The fraction of sp³-hybridized carbons (Fsp3) is 1.00. The Morgan fingerprint density at radius 3 is 1.00 bits per heavy atom. The van der Waals surface area contributed by atoms with Crippen LogP contribution in [0.5, 0.6) is 0 Å². The highest BCUT2D eigenvalue weighted by molar-refractivity contribution is 5.85. The van der Waals surface area contributed by atoms with Crippen LogP contribution in [0.4, 0.5) is 0 Å². The van der Waals surface area contributed by atoms with Gasteiger partial charge < -0.3 is 21.7 Å². The van der Waals surface area contributed by atoms with Crippen molar-refractivity contribution in [3.05, 3.63) is 0 Å². The summed E-state index contributed by atoms with van der Waals surface area (Å²) in [6, 6.07) is 0. The van der Waals surface area contributed by atoms with Gasteiger partial charge in [0.2, 0.25) is 0 Å². The largest absolute Gasteiger partial charge is 0.396 e. The zero-order chi connectivity index (χ0) is 8.24. The first-order chi connectivity index (χ1) is 4.83. The van der Waals surface area contributed by atoms with Gasteiger partial charge in [0.1, 0.15) is 0 Å². The number of rotatable bonds is 4. The molecule has 6 N–H and O–H groups in total. The monoisotopic (exact) mass is 222 g/mol. The summed E-state index contributed by atoms with van der Waals surface area (Å²) in [5.74, 6) is 0. The molecule has 0 unspecified atom stereocenters. The van der Waals surface area contributed by atoms with Crippen LogP contribution in [-0.4, -0.2) is 36.5 Å². The Labute approximate surface area is 86.1 Å². The molecule has 0 fully saturated rings. The summed E-state index contributed by atoms with van der Waals surface area (Å²) in [6.45, 7) is 1.62. The predicted molar refractivity (Wildman–Crippen MR) is 56.0 cm³/mol. The topological polar surface area (TPSA) is 92.5 Å². The summed E-state index contributed by atoms with van der Waals surface area (Å²) < 4.78 is 0. The van der Waals surface area contributed by atoms with Gasteiger partial charge >= 0.3 is 0 Å². The van der Waals surface area contributed by atoms with Gasteiger partial charge in [-0.25, -0.2) is 0 Å². The van der Waals surface area contributed by atoms with Gasteiger partial charge in [0.05, 0.1) is 0 Å². The van der Waals surface area contributed by atoms with Crippen molar-refractivity contribution in [2.24, 2.45) is 11.5 Å². The third-order valence-corrected chi connectivity index (χ3v) is 0.724. The molecule has 80 valence electrons. The van der Waals surface area contributed by atoms with E-state index < -0.39 is 0 Å². The molecule has 0 rings (SSSR count). The van der Waals surface area contributed by atoms with Crippen LogP contribution in [0.15, 0.2) is 0 Å². The zero-order valence-corrected chi connectivity index (χ0v) is 8.74. The Kier molecular flexibility index (Phi) is 57.3. The van der Waals surface area contributed by atoms with Crippen LogP contribution < -0.4 is 11.5 Å². The lowest BCUT2D eigenvalue weighted by atomic mass is 10.5. The molecule has 0 bridgehead atoms. The molecule has 0 saturated heterocycles. The minimum absolute atomic E-state index is 0. The van der Waals surface area contributed by atoms with Gasteiger partial charge in [-0.2, -0.15) is 0 Å². The Bertz CT molecular complexity index is 42.5. The Hall–Kier alpha value is 0.420. The van der Waals surface area contributed by atoms with Gasteiger partial charge in [-0.3, -0.25) is 0 Å². The fourth-order valence-electron chi connectivity index (χ4n) is 0.183. The molecule has 0 aromatic carbocycles. The van der Waals surface area contributed by atoms with E-state index in [0.717, 1.165) is 12.8 Å². The third kappa shape index (κ3) is 47.3. The highest BCUT2D eigenvalue weighted by Crippen LogP contribution is 1.62.